The monoisotopic (exact) mass is 498 g/mol. The fourth-order valence-corrected chi connectivity index (χ4v) is 5.37. The molecule has 8 nitrogen and oxygen atoms in total. The van der Waals surface area contributed by atoms with Crippen LogP contribution in [0.3, 0.4) is 0 Å². The van der Waals surface area contributed by atoms with Gasteiger partial charge in [0.05, 0.1) is 6.54 Å². The Bertz CT molecular complexity index is 1460. The van der Waals surface area contributed by atoms with Gasteiger partial charge in [-0.1, -0.05) is 42.0 Å². The zero-order chi connectivity index (χ0) is 25.5. The van der Waals surface area contributed by atoms with Gasteiger partial charge in [0.1, 0.15) is 17.9 Å². The number of carbonyl (C=O) groups is 1. The number of carboxylic acids is 1. The highest BCUT2D eigenvalue weighted by Gasteiger charge is 2.29. The first-order chi connectivity index (χ1) is 18.0. The van der Waals surface area contributed by atoms with Gasteiger partial charge in [-0.3, -0.25) is 4.90 Å². The lowest BCUT2D eigenvalue weighted by Gasteiger charge is -2.34. The largest absolute Gasteiger partial charge is 0.485 e. The summed E-state index contributed by atoms with van der Waals surface area (Å²) in [6.45, 7) is 5.18. The number of piperidine rings is 1. The van der Waals surface area contributed by atoms with Crippen molar-refractivity contribution < 1.29 is 19.4 Å². The summed E-state index contributed by atoms with van der Waals surface area (Å²) in [7, 11) is 1.90. The zero-order valence-corrected chi connectivity index (χ0v) is 21.1. The second-order valence-corrected chi connectivity index (χ2v) is 9.98. The summed E-state index contributed by atoms with van der Waals surface area (Å²) in [6, 6.07) is 17.9. The number of pyridine rings is 1. The molecule has 0 saturated carbocycles. The summed E-state index contributed by atoms with van der Waals surface area (Å²) in [6.07, 6.45) is 1.94. The van der Waals surface area contributed by atoms with Gasteiger partial charge in [0.2, 0.25) is 0 Å². The fourth-order valence-electron chi connectivity index (χ4n) is 5.37. The Morgan fingerprint density at radius 3 is 2.59 bits per heavy atom. The van der Waals surface area contributed by atoms with Gasteiger partial charge < -0.3 is 19.1 Å². The molecule has 0 aliphatic carbocycles. The maximum Gasteiger partial charge on any atom is 0.354 e. The number of hydrogen-bond acceptors (Lipinski definition) is 6. The van der Waals surface area contributed by atoms with E-state index in [1.807, 2.05) is 17.7 Å². The van der Waals surface area contributed by atoms with E-state index in [-0.39, 0.29) is 11.8 Å². The molecule has 0 bridgehead atoms. The van der Waals surface area contributed by atoms with Crippen molar-refractivity contribution in [2.45, 2.75) is 38.3 Å². The number of benzene rings is 2. The van der Waals surface area contributed by atoms with Gasteiger partial charge in [-0.2, -0.15) is 0 Å². The summed E-state index contributed by atoms with van der Waals surface area (Å²) >= 11 is 0. The summed E-state index contributed by atoms with van der Waals surface area (Å²) in [4.78, 5) is 22.7. The van der Waals surface area contributed by atoms with Crippen molar-refractivity contribution in [3.63, 3.8) is 0 Å². The van der Waals surface area contributed by atoms with Crippen LogP contribution in [-0.2, 0) is 13.6 Å². The molecule has 0 amide bonds. The van der Waals surface area contributed by atoms with Gasteiger partial charge in [-0.25, -0.2) is 14.8 Å². The summed E-state index contributed by atoms with van der Waals surface area (Å²) in [5.41, 5.74) is 4.94. The number of aromatic carboxylic acids is 1. The van der Waals surface area contributed by atoms with Crippen LogP contribution < -0.4 is 9.47 Å². The molecule has 1 unspecified atom stereocenters. The fraction of sp³-hybridized carbons (Fsp3) is 0.345. The molecule has 0 radical (unpaired) electrons. The first-order valence-electron chi connectivity index (χ1n) is 12.7. The number of likely N-dealkylation sites (tertiary alicyclic amines) is 1. The van der Waals surface area contributed by atoms with E-state index >= 15 is 0 Å². The zero-order valence-electron chi connectivity index (χ0n) is 21.1. The number of nitrogens with zero attached hydrogens (tertiary/aromatic N) is 4. The lowest BCUT2D eigenvalue weighted by atomic mass is 9.88. The molecule has 4 aromatic rings. The number of fused-ring (bicyclic) bond motifs is 2. The Hall–Kier alpha value is -3.91. The van der Waals surface area contributed by atoms with Crippen LogP contribution in [0.4, 0.5) is 0 Å². The van der Waals surface area contributed by atoms with Gasteiger partial charge >= 0.3 is 5.97 Å². The molecular formula is C29H30N4O4. The number of imidazole rings is 1. The van der Waals surface area contributed by atoms with Crippen LogP contribution in [0.25, 0.3) is 11.2 Å². The van der Waals surface area contributed by atoms with Gasteiger partial charge in [0.25, 0.3) is 0 Å². The Balaban J connectivity index is 1.13. The van der Waals surface area contributed by atoms with Crippen molar-refractivity contribution >= 4 is 17.1 Å². The lowest BCUT2D eigenvalue weighted by molar-refractivity contribution is 0.0691. The van der Waals surface area contributed by atoms with Gasteiger partial charge in [0, 0.05) is 12.6 Å². The van der Waals surface area contributed by atoms with Gasteiger partial charge in [0.15, 0.2) is 28.9 Å². The number of carboxylic acid groups (broad SMARTS) is 1. The Morgan fingerprint density at radius 1 is 1.05 bits per heavy atom. The molecule has 2 aromatic heterocycles. The molecule has 1 atom stereocenters. The van der Waals surface area contributed by atoms with Crippen LogP contribution in [0.15, 0.2) is 54.6 Å². The minimum Gasteiger partial charge on any atom is -0.485 e. The number of aryl methyl sites for hydroxylation is 2. The third-order valence-corrected chi connectivity index (χ3v) is 7.53. The third-order valence-electron chi connectivity index (χ3n) is 7.53. The van der Waals surface area contributed by atoms with Crippen molar-refractivity contribution in [1.29, 1.82) is 0 Å². The van der Waals surface area contributed by atoms with E-state index in [9.17, 15) is 9.90 Å². The van der Waals surface area contributed by atoms with E-state index in [1.54, 1.807) is 6.07 Å². The number of ether oxygens (including phenoxy) is 2. The van der Waals surface area contributed by atoms with Crippen LogP contribution >= 0.6 is 0 Å². The molecule has 37 heavy (non-hydrogen) atoms. The van der Waals surface area contributed by atoms with Crippen molar-refractivity contribution in [3.8, 4) is 11.5 Å². The number of hydrogen-bond donors (Lipinski definition) is 1. The number of rotatable bonds is 5. The second kappa shape index (κ2) is 9.52. The second-order valence-electron chi connectivity index (χ2n) is 9.98. The molecule has 6 rings (SSSR count). The molecule has 0 spiro atoms. The highest BCUT2D eigenvalue weighted by molar-refractivity contribution is 5.88. The van der Waals surface area contributed by atoms with E-state index in [0.717, 1.165) is 54.3 Å². The Labute approximate surface area is 215 Å². The average Bonchev–Trinajstić information content (AvgIpc) is 3.23. The molecule has 2 aliphatic rings. The molecule has 2 aromatic carbocycles. The Morgan fingerprint density at radius 2 is 1.84 bits per heavy atom. The van der Waals surface area contributed by atoms with E-state index in [0.29, 0.717) is 24.7 Å². The minimum atomic E-state index is -1.03. The molecule has 8 heteroatoms. The quantitative estimate of drug-likeness (QED) is 0.420. The molecule has 4 heterocycles. The van der Waals surface area contributed by atoms with Crippen LogP contribution in [-0.4, -0.2) is 50.2 Å². The topological polar surface area (TPSA) is 89.7 Å². The van der Waals surface area contributed by atoms with E-state index in [1.165, 1.54) is 17.2 Å². The SMILES string of the molecule is Cc1ccc(C2COc3c(cccc3C3CCN(Cc4nc5ccc(C(=O)O)nc5n4C)CC3)O2)cc1. The molecule has 1 fully saturated rings. The average molecular weight is 499 g/mol. The van der Waals surface area contributed by atoms with Crippen molar-refractivity contribution in [2.24, 2.45) is 7.05 Å². The van der Waals surface area contributed by atoms with Crippen LogP contribution in [0, 0.1) is 6.92 Å². The van der Waals surface area contributed by atoms with E-state index in [2.05, 4.69) is 53.2 Å². The molecule has 1 N–H and O–H groups in total. The predicted octanol–water partition coefficient (Wildman–Crippen LogP) is 4.87. The van der Waals surface area contributed by atoms with Crippen LogP contribution in [0.1, 0.15) is 57.9 Å². The maximum absolute atomic E-state index is 11.3. The van der Waals surface area contributed by atoms with Gasteiger partial charge in [-0.05, 0) is 62.5 Å². The normalized spacial score (nSPS) is 18.3. The molecule has 1 saturated heterocycles. The van der Waals surface area contributed by atoms with E-state index in [4.69, 9.17) is 14.5 Å². The standard InChI is InChI=1S/C29H30N4O4/c1-18-6-8-20(9-7-18)25-17-36-27-21(4-3-5-24(27)37-25)19-12-14-33(15-13-19)16-26-30-22-10-11-23(29(34)35)31-28(22)32(26)2/h3-11,19,25H,12-17H2,1-2H3,(H,34,35). The number of aromatic nitrogens is 3. The van der Waals surface area contributed by atoms with Crippen LogP contribution in [0.2, 0.25) is 0 Å². The maximum atomic E-state index is 11.3. The minimum absolute atomic E-state index is 0.0328. The predicted molar refractivity (Wildman–Crippen MR) is 139 cm³/mol. The smallest absolute Gasteiger partial charge is 0.354 e. The van der Waals surface area contributed by atoms with Crippen molar-refractivity contribution in [1.82, 2.24) is 19.4 Å². The van der Waals surface area contributed by atoms with Gasteiger partial charge in [-0.15, -0.1) is 0 Å². The van der Waals surface area contributed by atoms with Crippen molar-refractivity contribution in [3.05, 3.63) is 82.8 Å². The molecular weight excluding hydrogens is 468 g/mol. The van der Waals surface area contributed by atoms with Crippen LogP contribution in [0.5, 0.6) is 11.5 Å². The molecule has 190 valence electrons. The first kappa shape index (κ1) is 23.5. The highest BCUT2D eigenvalue weighted by Crippen LogP contribution is 2.44. The summed E-state index contributed by atoms with van der Waals surface area (Å²) in [5, 5.41) is 9.25. The van der Waals surface area contributed by atoms with Crippen molar-refractivity contribution in [2.75, 3.05) is 19.7 Å². The summed E-state index contributed by atoms with van der Waals surface area (Å²) in [5.74, 6) is 1.98. The highest BCUT2D eigenvalue weighted by atomic mass is 16.6. The molecule has 2 aliphatic heterocycles. The first-order valence-corrected chi connectivity index (χ1v) is 12.7. The van der Waals surface area contributed by atoms with E-state index < -0.39 is 5.97 Å². The third kappa shape index (κ3) is 4.53. The Kier molecular flexibility index (Phi) is 6.04. The lowest BCUT2D eigenvalue weighted by Crippen LogP contribution is -2.33. The number of para-hydroxylation sites is 1. The summed E-state index contributed by atoms with van der Waals surface area (Å²) < 4.78 is 14.6.